The highest BCUT2D eigenvalue weighted by Crippen LogP contribution is 2.44. The third-order valence-electron chi connectivity index (χ3n) is 5.32. The number of imidazole rings is 1. The maximum atomic E-state index is 4.70. The van der Waals surface area contributed by atoms with Crippen LogP contribution in [0.15, 0.2) is 42.7 Å². The van der Waals surface area contributed by atoms with Gasteiger partial charge in [-0.1, -0.05) is 52.8 Å². The monoisotopic (exact) mass is 340 g/mol. The summed E-state index contributed by atoms with van der Waals surface area (Å²) in [6.07, 6.45) is 4.19. The Morgan fingerprint density at radius 2 is 1.68 bits per heavy atom. The predicted molar refractivity (Wildman–Crippen MR) is 106 cm³/mol. The first-order valence-electron chi connectivity index (χ1n) is 9.32. The predicted octanol–water partition coefficient (Wildman–Crippen LogP) is 4.53. The van der Waals surface area contributed by atoms with Crippen molar-refractivity contribution in [2.24, 2.45) is 18.4 Å². The molecule has 2 heterocycles. The molecule has 136 valence electrons. The Bertz CT molecular complexity index is 698. The molecule has 3 atom stereocenters. The van der Waals surface area contributed by atoms with E-state index in [-0.39, 0.29) is 11.6 Å². The average Bonchev–Trinajstić information content (AvgIpc) is 3.08. The zero-order valence-corrected chi connectivity index (χ0v) is 16.6. The molecule has 0 radical (unpaired) electrons. The van der Waals surface area contributed by atoms with E-state index in [9.17, 15) is 0 Å². The first-order chi connectivity index (χ1) is 11.7. The molecule has 0 spiro atoms. The molecular weight excluding hydrogens is 308 g/mol. The lowest BCUT2D eigenvalue weighted by Gasteiger charge is -2.42. The fourth-order valence-corrected chi connectivity index (χ4v) is 4.44. The van der Waals surface area contributed by atoms with Gasteiger partial charge in [0.15, 0.2) is 0 Å². The summed E-state index contributed by atoms with van der Waals surface area (Å²) in [6, 6.07) is 11.7. The zero-order valence-electron chi connectivity index (χ0n) is 16.6. The van der Waals surface area contributed by atoms with E-state index in [0.717, 1.165) is 5.95 Å². The minimum absolute atomic E-state index is 0.0830. The van der Waals surface area contributed by atoms with Gasteiger partial charge >= 0.3 is 0 Å². The second-order valence-electron chi connectivity index (χ2n) is 8.70. The van der Waals surface area contributed by atoms with Crippen LogP contribution in [0.3, 0.4) is 0 Å². The van der Waals surface area contributed by atoms with Gasteiger partial charge in [-0.25, -0.2) is 4.98 Å². The highest BCUT2D eigenvalue weighted by molar-refractivity contribution is 5.57. The molecule has 1 saturated heterocycles. The van der Waals surface area contributed by atoms with E-state index in [1.807, 2.05) is 12.4 Å². The van der Waals surface area contributed by atoms with E-state index in [0.29, 0.717) is 18.0 Å². The topological polar surface area (TPSA) is 24.3 Å². The Morgan fingerprint density at radius 1 is 1.04 bits per heavy atom. The Labute approximate surface area is 152 Å². The van der Waals surface area contributed by atoms with Gasteiger partial charge in [0, 0.05) is 30.5 Å². The van der Waals surface area contributed by atoms with Crippen molar-refractivity contribution in [1.29, 1.82) is 0 Å². The molecule has 0 bridgehead atoms. The first kappa shape index (κ1) is 17.8. The van der Waals surface area contributed by atoms with Gasteiger partial charge in [0.25, 0.3) is 0 Å². The maximum Gasteiger partial charge on any atom is 0.207 e. The molecule has 1 fully saturated rings. The molecule has 1 aromatic heterocycles. The number of rotatable bonds is 3. The minimum atomic E-state index is 0.0830. The van der Waals surface area contributed by atoms with Crippen molar-refractivity contribution in [1.82, 2.24) is 9.55 Å². The largest absolute Gasteiger partial charge is 0.345 e. The summed E-state index contributed by atoms with van der Waals surface area (Å²) >= 11 is 0. The zero-order chi connectivity index (χ0) is 18.4. The van der Waals surface area contributed by atoms with Crippen molar-refractivity contribution in [3.05, 3.63) is 42.7 Å². The van der Waals surface area contributed by atoms with Crippen LogP contribution in [0.5, 0.6) is 0 Å². The fourth-order valence-electron chi connectivity index (χ4n) is 4.44. The van der Waals surface area contributed by atoms with Crippen LogP contribution < -0.4 is 9.80 Å². The van der Waals surface area contributed by atoms with Gasteiger partial charge in [-0.15, -0.1) is 0 Å². The number of para-hydroxylation sites is 1. The van der Waals surface area contributed by atoms with E-state index in [1.54, 1.807) is 0 Å². The lowest BCUT2D eigenvalue weighted by Crippen LogP contribution is -2.51. The molecule has 0 saturated carbocycles. The molecule has 4 nitrogen and oxygen atoms in total. The Hall–Kier alpha value is -1.97. The van der Waals surface area contributed by atoms with E-state index in [4.69, 9.17) is 4.98 Å². The van der Waals surface area contributed by atoms with Gasteiger partial charge in [0.2, 0.25) is 5.95 Å². The molecule has 1 aliphatic rings. The van der Waals surface area contributed by atoms with Crippen molar-refractivity contribution in [3.8, 4) is 0 Å². The lowest BCUT2D eigenvalue weighted by molar-refractivity contribution is 0.310. The molecule has 2 unspecified atom stereocenters. The number of anilines is 2. The van der Waals surface area contributed by atoms with E-state index < -0.39 is 0 Å². The summed E-state index contributed by atoms with van der Waals surface area (Å²) in [7, 11) is 2.09. The molecule has 2 aromatic rings. The van der Waals surface area contributed by atoms with Crippen molar-refractivity contribution in [2.45, 2.75) is 59.8 Å². The van der Waals surface area contributed by atoms with Gasteiger partial charge in [0.05, 0.1) is 12.1 Å². The number of aryl methyl sites for hydroxylation is 1. The Kier molecular flexibility index (Phi) is 4.56. The highest BCUT2D eigenvalue weighted by atomic mass is 15.5. The summed E-state index contributed by atoms with van der Waals surface area (Å²) in [4.78, 5) is 9.85. The standard InChI is InChI=1S/C21H32N4/c1-15(2)18-16(3)24(20-22-13-14-23(20)7)19(21(4,5)6)25(18)17-11-9-8-10-12-17/h8-16,18-19H,1-7H3/t16-,18?,19?/m0/s1. The van der Waals surface area contributed by atoms with E-state index >= 15 is 0 Å². The van der Waals surface area contributed by atoms with Crippen LogP contribution in [0.25, 0.3) is 0 Å². The molecular formula is C21H32N4. The average molecular weight is 341 g/mol. The van der Waals surface area contributed by atoms with Crippen LogP contribution >= 0.6 is 0 Å². The van der Waals surface area contributed by atoms with Crippen molar-refractivity contribution >= 4 is 11.6 Å². The smallest absolute Gasteiger partial charge is 0.207 e. The third kappa shape index (κ3) is 3.03. The molecule has 0 amide bonds. The maximum absolute atomic E-state index is 4.70. The molecule has 4 heteroatoms. The normalized spacial score (nSPS) is 24.4. The third-order valence-corrected chi connectivity index (χ3v) is 5.32. The summed E-state index contributed by atoms with van der Waals surface area (Å²) in [6.45, 7) is 14.0. The summed E-state index contributed by atoms with van der Waals surface area (Å²) in [5.74, 6) is 1.60. The molecule has 1 aliphatic heterocycles. The summed E-state index contributed by atoms with van der Waals surface area (Å²) in [5, 5.41) is 0. The Morgan fingerprint density at radius 3 is 2.16 bits per heavy atom. The van der Waals surface area contributed by atoms with E-state index in [2.05, 4.69) is 93.3 Å². The SMILES string of the molecule is CC(C)C1[C@H](C)N(c2nccn2C)C(C(C)(C)C)N1c1ccccc1. The highest BCUT2D eigenvalue weighted by Gasteiger charge is 2.51. The number of aromatic nitrogens is 2. The van der Waals surface area contributed by atoms with Crippen LogP contribution in [-0.4, -0.2) is 27.8 Å². The van der Waals surface area contributed by atoms with Gasteiger partial charge < -0.3 is 14.4 Å². The number of hydrogen-bond acceptors (Lipinski definition) is 3. The minimum Gasteiger partial charge on any atom is -0.345 e. The van der Waals surface area contributed by atoms with Crippen molar-refractivity contribution < 1.29 is 0 Å². The van der Waals surface area contributed by atoms with Crippen LogP contribution in [0.1, 0.15) is 41.5 Å². The van der Waals surface area contributed by atoms with Gasteiger partial charge in [-0.3, -0.25) is 0 Å². The molecule has 0 N–H and O–H groups in total. The molecule has 0 aliphatic carbocycles. The van der Waals surface area contributed by atoms with Crippen LogP contribution in [0.2, 0.25) is 0 Å². The van der Waals surface area contributed by atoms with E-state index in [1.165, 1.54) is 5.69 Å². The first-order valence-corrected chi connectivity index (χ1v) is 9.32. The van der Waals surface area contributed by atoms with Crippen molar-refractivity contribution in [3.63, 3.8) is 0 Å². The van der Waals surface area contributed by atoms with Crippen LogP contribution in [0, 0.1) is 11.3 Å². The van der Waals surface area contributed by atoms with Crippen molar-refractivity contribution in [2.75, 3.05) is 9.80 Å². The summed E-state index contributed by atoms with van der Waals surface area (Å²) < 4.78 is 2.14. The molecule has 3 rings (SSSR count). The number of benzene rings is 1. The number of hydrogen-bond donors (Lipinski definition) is 0. The van der Waals surface area contributed by atoms with Gasteiger partial charge in [-0.05, 0) is 25.0 Å². The van der Waals surface area contributed by atoms with Gasteiger partial charge in [-0.2, -0.15) is 0 Å². The Balaban J connectivity index is 2.18. The second-order valence-corrected chi connectivity index (χ2v) is 8.70. The lowest BCUT2D eigenvalue weighted by atomic mass is 9.90. The second kappa shape index (κ2) is 6.40. The number of nitrogens with zero attached hydrogens (tertiary/aromatic N) is 4. The molecule has 25 heavy (non-hydrogen) atoms. The van der Waals surface area contributed by atoms with Crippen LogP contribution in [0.4, 0.5) is 11.6 Å². The van der Waals surface area contributed by atoms with Crippen LogP contribution in [-0.2, 0) is 7.05 Å². The fraction of sp³-hybridized carbons (Fsp3) is 0.571. The quantitative estimate of drug-likeness (QED) is 0.820. The molecule has 1 aromatic carbocycles. The summed E-state index contributed by atoms with van der Waals surface area (Å²) in [5.41, 5.74) is 1.38. The van der Waals surface area contributed by atoms with Gasteiger partial charge in [0.1, 0.15) is 6.17 Å².